The van der Waals surface area contributed by atoms with Crippen molar-refractivity contribution in [3.8, 4) is 0 Å². The number of carbonyl (C=O) groups is 3. The number of amides is 3. The molecule has 0 radical (unpaired) electrons. The summed E-state index contributed by atoms with van der Waals surface area (Å²) in [4.78, 5) is 45.8. The molecule has 0 aliphatic carbocycles. The summed E-state index contributed by atoms with van der Waals surface area (Å²) in [6, 6.07) is 11.4. The number of anilines is 1. The number of rotatable bonds is 7. The van der Waals surface area contributed by atoms with E-state index in [0.29, 0.717) is 11.3 Å². The van der Waals surface area contributed by atoms with Crippen molar-refractivity contribution in [1.29, 1.82) is 0 Å². The highest BCUT2D eigenvalue weighted by Crippen LogP contribution is 2.16. The highest BCUT2D eigenvalue weighted by Gasteiger charge is 2.09. The van der Waals surface area contributed by atoms with Crippen LogP contribution in [0.5, 0.6) is 0 Å². The molecule has 30 heavy (non-hydrogen) atoms. The van der Waals surface area contributed by atoms with Crippen LogP contribution in [0.4, 0.5) is 11.4 Å². The predicted octanol–water partition coefficient (Wildman–Crippen LogP) is 2.79. The lowest BCUT2D eigenvalue weighted by Gasteiger charge is -2.09. The van der Waals surface area contributed by atoms with E-state index in [1.165, 1.54) is 24.3 Å². The van der Waals surface area contributed by atoms with Crippen LogP contribution in [0.3, 0.4) is 0 Å². The first-order valence-electron chi connectivity index (χ1n) is 9.13. The third-order valence-corrected chi connectivity index (χ3v) is 4.07. The molecule has 0 aliphatic heterocycles. The molecule has 0 spiro atoms. The van der Waals surface area contributed by atoms with Crippen molar-refractivity contribution >= 4 is 35.2 Å². The smallest absolute Gasteiger partial charge is 0.270 e. The summed E-state index contributed by atoms with van der Waals surface area (Å²) < 4.78 is 0. The van der Waals surface area contributed by atoms with E-state index in [9.17, 15) is 24.5 Å². The molecule has 0 saturated heterocycles. The molecule has 9 nitrogen and oxygen atoms in total. The summed E-state index contributed by atoms with van der Waals surface area (Å²) in [5, 5.41) is 13.5. The van der Waals surface area contributed by atoms with Crippen molar-refractivity contribution in [2.45, 2.75) is 26.7 Å². The van der Waals surface area contributed by atoms with Gasteiger partial charge in [0.2, 0.25) is 11.8 Å². The van der Waals surface area contributed by atoms with Crippen LogP contribution in [0.25, 0.3) is 6.08 Å². The van der Waals surface area contributed by atoms with Crippen LogP contribution in [0, 0.1) is 24.0 Å². The topological polar surface area (TPSA) is 130 Å². The minimum Gasteiger partial charge on any atom is -0.326 e. The Bertz CT molecular complexity index is 1000. The number of benzene rings is 2. The molecular formula is C21H22N4O5. The van der Waals surface area contributed by atoms with Gasteiger partial charge in [-0.05, 0) is 37.1 Å². The molecule has 2 aromatic rings. The number of hydrogen-bond donors (Lipinski definition) is 3. The maximum atomic E-state index is 12.0. The number of carbonyl (C=O) groups excluding carboxylic acids is 3. The Morgan fingerprint density at radius 3 is 2.43 bits per heavy atom. The fraction of sp³-hybridized carbons (Fsp3) is 0.190. The first-order valence-corrected chi connectivity index (χ1v) is 9.13. The number of non-ortho nitro benzene ring substituents is 1. The average Bonchev–Trinajstić information content (AvgIpc) is 2.71. The molecule has 0 fully saturated rings. The van der Waals surface area contributed by atoms with E-state index < -0.39 is 16.7 Å². The van der Waals surface area contributed by atoms with Crippen LogP contribution in [-0.2, 0) is 14.4 Å². The monoisotopic (exact) mass is 410 g/mol. The zero-order valence-corrected chi connectivity index (χ0v) is 16.6. The van der Waals surface area contributed by atoms with Gasteiger partial charge in [-0.3, -0.25) is 35.3 Å². The predicted molar refractivity (Wildman–Crippen MR) is 112 cm³/mol. The zero-order valence-electron chi connectivity index (χ0n) is 16.6. The first kappa shape index (κ1) is 22.3. The maximum absolute atomic E-state index is 12.0. The van der Waals surface area contributed by atoms with Crippen molar-refractivity contribution in [3.63, 3.8) is 0 Å². The third-order valence-electron chi connectivity index (χ3n) is 4.07. The zero-order chi connectivity index (χ0) is 22.1. The Hall–Kier alpha value is -4.01. The van der Waals surface area contributed by atoms with Gasteiger partial charge in [0.1, 0.15) is 0 Å². The second kappa shape index (κ2) is 10.5. The van der Waals surface area contributed by atoms with Gasteiger partial charge in [0.25, 0.3) is 11.6 Å². The van der Waals surface area contributed by atoms with Crippen molar-refractivity contribution in [3.05, 3.63) is 75.3 Å². The maximum Gasteiger partial charge on any atom is 0.270 e. The molecule has 0 bridgehead atoms. The number of nitro groups is 1. The van der Waals surface area contributed by atoms with Gasteiger partial charge in [-0.2, -0.15) is 0 Å². The lowest BCUT2D eigenvalue weighted by atomic mass is 10.1. The molecular weight excluding hydrogens is 388 g/mol. The van der Waals surface area contributed by atoms with Crippen LogP contribution >= 0.6 is 0 Å². The number of nitrogens with one attached hydrogen (secondary N) is 3. The molecule has 0 heterocycles. The fourth-order valence-electron chi connectivity index (χ4n) is 2.54. The van der Waals surface area contributed by atoms with Crippen LogP contribution in [0.15, 0.2) is 48.5 Å². The van der Waals surface area contributed by atoms with E-state index in [4.69, 9.17) is 0 Å². The molecule has 0 aliphatic rings. The highest BCUT2D eigenvalue weighted by atomic mass is 16.6. The lowest BCUT2D eigenvalue weighted by Crippen LogP contribution is -2.41. The Morgan fingerprint density at radius 2 is 1.73 bits per heavy atom. The summed E-state index contributed by atoms with van der Waals surface area (Å²) in [7, 11) is 0. The summed E-state index contributed by atoms with van der Waals surface area (Å²) in [6.45, 7) is 3.84. The number of hydrogen-bond acceptors (Lipinski definition) is 5. The van der Waals surface area contributed by atoms with Crippen molar-refractivity contribution in [2.24, 2.45) is 0 Å². The van der Waals surface area contributed by atoms with E-state index in [2.05, 4.69) is 16.2 Å². The van der Waals surface area contributed by atoms with Gasteiger partial charge in [0.15, 0.2) is 0 Å². The molecule has 0 unspecified atom stereocenters. The second-order valence-electron chi connectivity index (χ2n) is 6.59. The quantitative estimate of drug-likeness (QED) is 0.367. The number of hydrazine groups is 1. The minimum absolute atomic E-state index is 0.0431. The van der Waals surface area contributed by atoms with Gasteiger partial charge in [-0.1, -0.05) is 29.8 Å². The van der Waals surface area contributed by atoms with E-state index in [1.54, 1.807) is 12.1 Å². The Balaban J connectivity index is 1.74. The molecule has 0 atom stereocenters. The SMILES string of the molecule is Cc1ccc(NC(=O)CCC(=O)NNC(=O)/C=C/c2cccc([N+](=O)[O-])c2)c(C)c1. The van der Waals surface area contributed by atoms with Gasteiger partial charge >= 0.3 is 0 Å². The van der Waals surface area contributed by atoms with Gasteiger partial charge < -0.3 is 5.32 Å². The summed E-state index contributed by atoms with van der Waals surface area (Å²) >= 11 is 0. The number of nitrogens with zero attached hydrogens (tertiary/aromatic N) is 1. The Morgan fingerprint density at radius 1 is 1.00 bits per heavy atom. The standard InChI is InChI=1S/C21H22N4O5/c1-14-6-8-18(15(2)12-14)22-19(26)10-11-21(28)24-23-20(27)9-7-16-4-3-5-17(13-16)25(29)30/h3-9,12-13H,10-11H2,1-2H3,(H,22,26)(H,23,27)(H,24,28)/b9-7+. The summed E-state index contributed by atoms with van der Waals surface area (Å²) in [6.07, 6.45) is 2.36. The summed E-state index contributed by atoms with van der Waals surface area (Å²) in [5.74, 6) is -1.45. The average molecular weight is 410 g/mol. The lowest BCUT2D eigenvalue weighted by molar-refractivity contribution is -0.384. The number of aryl methyl sites for hydroxylation is 2. The molecule has 2 aromatic carbocycles. The van der Waals surface area contributed by atoms with E-state index in [-0.39, 0.29) is 24.4 Å². The van der Waals surface area contributed by atoms with Gasteiger partial charge in [0, 0.05) is 36.7 Å². The van der Waals surface area contributed by atoms with Crippen LogP contribution in [0.2, 0.25) is 0 Å². The minimum atomic E-state index is -0.616. The molecule has 0 saturated carbocycles. The van der Waals surface area contributed by atoms with E-state index in [0.717, 1.165) is 17.2 Å². The second-order valence-corrected chi connectivity index (χ2v) is 6.59. The third kappa shape index (κ3) is 7.19. The molecule has 156 valence electrons. The van der Waals surface area contributed by atoms with Crippen LogP contribution in [-0.4, -0.2) is 22.6 Å². The summed E-state index contributed by atoms with van der Waals surface area (Å²) in [5.41, 5.74) is 7.47. The largest absolute Gasteiger partial charge is 0.326 e. The van der Waals surface area contributed by atoms with Gasteiger partial charge in [-0.15, -0.1) is 0 Å². The van der Waals surface area contributed by atoms with Gasteiger partial charge in [-0.25, -0.2) is 0 Å². The van der Waals surface area contributed by atoms with Crippen molar-refractivity contribution in [2.75, 3.05) is 5.32 Å². The molecule has 3 amide bonds. The van der Waals surface area contributed by atoms with Crippen molar-refractivity contribution < 1.29 is 19.3 Å². The fourth-order valence-corrected chi connectivity index (χ4v) is 2.54. The van der Waals surface area contributed by atoms with Crippen LogP contribution in [0.1, 0.15) is 29.5 Å². The van der Waals surface area contributed by atoms with Crippen LogP contribution < -0.4 is 16.2 Å². The normalized spacial score (nSPS) is 10.5. The molecule has 0 aromatic heterocycles. The van der Waals surface area contributed by atoms with E-state index >= 15 is 0 Å². The number of nitro benzene ring substituents is 1. The molecule has 9 heteroatoms. The molecule has 2 rings (SSSR count). The van der Waals surface area contributed by atoms with Crippen molar-refractivity contribution in [1.82, 2.24) is 10.9 Å². The highest BCUT2D eigenvalue weighted by molar-refractivity contribution is 5.95. The van der Waals surface area contributed by atoms with E-state index in [1.807, 2.05) is 26.0 Å². The Kier molecular flexibility index (Phi) is 7.81. The van der Waals surface area contributed by atoms with Gasteiger partial charge in [0.05, 0.1) is 4.92 Å². The Labute approximate surface area is 173 Å². The molecule has 3 N–H and O–H groups in total. The first-order chi connectivity index (χ1) is 14.2.